The van der Waals surface area contributed by atoms with Crippen molar-refractivity contribution in [1.29, 1.82) is 0 Å². The van der Waals surface area contributed by atoms with Crippen LogP contribution in [0.3, 0.4) is 0 Å². The Morgan fingerprint density at radius 2 is 1.92 bits per heavy atom. The number of benzene rings is 1. The third-order valence-corrected chi connectivity index (χ3v) is 4.86. The second kappa shape index (κ2) is 8.21. The molecule has 1 aromatic carbocycles. The van der Waals surface area contributed by atoms with Crippen LogP contribution in [0.2, 0.25) is 0 Å². The Morgan fingerprint density at radius 1 is 1.12 bits per heavy atom. The summed E-state index contributed by atoms with van der Waals surface area (Å²) >= 11 is 0. The predicted molar refractivity (Wildman–Crippen MR) is 101 cm³/mol. The molecular weight excluding hydrogens is 314 g/mol. The summed E-state index contributed by atoms with van der Waals surface area (Å²) in [5, 5.41) is 3.75. The summed E-state index contributed by atoms with van der Waals surface area (Å²) in [5.41, 5.74) is 1.16. The lowest BCUT2D eigenvalue weighted by atomic mass is 10.0. The molecule has 0 unspecified atom stereocenters. The van der Waals surface area contributed by atoms with Crippen LogP contribution in [0.15, 0.2) is 42.6 Å². The summed E-state index contributed by atoms with van der Waals surface area (Å²) in [4.78, 5) is 6.81. The first-order chi connectivity index (χ1) is 12.2. The Kier molecular flexibility index (Phi) is 5.76. The molecule has 1 aliphatic heterocycles. The molecular formula is C20H27N3O2. The van der Waals surface area contributed by atoms with E-state index in [0.29, 0.717) is 6.04 Å². The minimum atomic E-state index is 0.229. The third-order valence-electron chi connectivity index (χ3n) is 4.86. The molecule has 1 aromatic heterocycles. The highest BCUT2D eigenvalue weighted by molar-refractivity contribution is 5.42. The van der Waals surface area contributed by atoms with Crippen LogP contribution in [0.25, 0.3) is 0 Å². The summed E-state index contributed by atoms with van der Waals surface area (Å²) in [5.74, 6) is 2.76. The van der Waals surface area contributed by atoms with E-state index in [1.54, 1.807) is 14.2 Å². The van der Waals surface area contributed by atoms with E-state index in [2.05, 4.69) is 34.3 Å². The lowest BCUT2D eigenvalue weighted by Crippen LogP contribution is -2.43. The van der Waals surface area contributed by atoms with Gasteiger partial charge in [-0.2, -0.15) is 0 Å². The lowest BCUT2D eigenvalue weighted by Gasteiger charge is -2.34. The van der Waals surface area contributed by atoms with Crippen LogP contribution < -0.4 is 19.7 Å². The fourth-order valence-corrected chi connectivity index (χ4v) is 3.44. The number of rotatable bonds is 6. The highest BCUT2D eigenvalue weighted by Crippen LogP contribution is 2.30. The maximum absolute atomic E-state index is 5.54. The Morgan fingerprint density at radius 3 is 2.56 bits per heavy atom. The first-order valence-corrected chi connectivity index (χ1v) is 8.85. The smallest absolute Gasteiger partial charge is 0.128 e. The average Bonchev–Trinajstić information content (AvgIpc) is 2.68. The van der Waals surface area contributed by atoms with Crippen molar-refractivity contribution >= 4 is 5.82 Å². The predicted octanol–water partition coefficient (Wildman–Crippen LogP) is 3.42. The van der Waals surface area contributed by atoms with Gasteiger partial charge in [-0.25, -0.2) is 4.98 Å². The molecule has 1 aliphatic rings. The van der Waals surface area contributed by atoms with Crippen molar-refractivity contribution in [3.8, 4) is 11.5 Å². The van der Waals surface area contributed by atoms with Crippen molar-refractivity contribution < 1.29 is 9.47 Å². The van der Waals surface area contributed by atoms with Gasteiger partial charge in [0.2, 0.25) is 0 Å². The molecule has 0 saturated carbocycles. The molecule has 134 valence electrons. The number of piperidine rings is 1. The van der Waals surface area contributed by atoms with Gasteiger partial charge < -0.3 is 19.7 Å². The SMILES string of the molecule is COc1ccc([C@@H](C)NC2CCN(c3ccccn3)CC2)c(OC)c1. The largest absolute Gasteiger partial charge is 0.497 e. The molecule has 5 nitrogen and oxygen atoms in total. The van der Waals surface area contributed by atoms with Crippen LogP contribution in [0, 0.1) is 0 Å². The molecule has 1 N–H and O–H groups in total. The van der Waals surface area contributed by atoms with Gasteiger partial charge in [0.1, 0.15) is 17.3 Å². The molecule has 0 radical (unpaired) electrons. The summed E-state index contributed by atoms with van der Waals surface area (Å²) in [6.07, 6.45) is 4.08. The molecule has 0 aliphatic carbocycles. The van der Waals surface area contributed by atoms with E-state index < -0.39 is 0 Å². The zero-order valence-corrected chi connectivity index (χ0v) is 15.2. The molecule has 0 spiro atoms. The van der Waals surface area contributed by atoms with Crippen LogP contribution in [0.4, 0.5) is 5.82 Å². The van der Waals surface area contributed by atoms with Gasteiger partial charge in [-0.3, -0.25) is 0 Å². The van der Waals surface area contributed by atoms with E-state index in [4.69, 9.17) is 9.47 Å². The monoisotopic (exact) mass is 341 g/mol. The molecule has 2 heterocycles. The number of nitrogens with one attached hydrogen (secondary N) is 1. The number of anilines is 1. The van der Waals surface area contributed by atoms with Gasteiger partial charge >= 0.3 is 0 Å². The van der Waals surface area contributed by atoms with Crippen molar-refractivity contribution in [2.45, 2.75) is 31.8 Å². The standard InChI is InChI=1S/C20H27N3O2/c1-15(18-8-7-17(24-2)14-19(18)25-3)22-16-9-12-23(13-10-16)20-6-4-5-11-21-20/h4-8,11,14-16,22H,9-10,12-13H2,1-3H3/t15-/m1/s1. The van der Waals surface area contributed by atoms with Crippen LogP contribution in [0.1, 0.15) is 31.4 Å². The highest BCUT2D eigenvalue weighted by Gasteiger charge is 2.22. The molecule has 25 heavy (non-hydrogen) atoms. The fourth-order valence-electron chi connectivity index (χ4n) is 3.44. The number of nitrogens with zero attached hydrogens (tertiary/aromatic N) is 2. The first-order valence-electron chi connectivity index (χ1n) is 8.85. The number of ether oxygens (including phenoxy) is 2. The molecule has 0 bridgehead atoms. The van der Waals surface area contributed by atoms with E-state index in [9.17, 15) is 0 Å². The summed E-state index contributed by atoms with van der Waals surface area (Å²) < 4.78 is 10.8. The second-order valence-electron chi connectivity index (χ2n) is 6.45. The molecule has 1 fully saturated rings. The van der Waals surface area contributed by atoms with Gasteiger partial charge in [-0.1, -0.05) is 12.1 Å². The van der Waals surface area contributed by atoms with E-state index >= 15 is 0 Å². The van der Waals surface area contributed by atoms with Crippen molar-refractivity contribution in [2.75, 3.05) is 32.2 Å². The van der Waals surface area contributed by atoms with Gasteiger partial charge in [-0.05, 0) is 38.0 Å². The van der Waals surface area contributed by atoms with Gasteiger partial charge in [-0.15, -0.1) is 0 Å². The van der Waals surface area contributed by atoms with Crippen LogP contribution in [-0.4, -0.2) is 38.3 Å². The Balaban J connectivity index is 1.58. The van der Waals surface area contributed by atoms with Gasteiger partial charge in [0.05, 0.1) is 14.2 Å². The van der Waals surface area contributed by atoms with E-state index in [1.807, 2.05) is 30.5 Å². The molecule has 2 aromatic rings. The zero-order chi connectivity index (χ0) is 17.6. The minimum absolute atomic E-state index is 0.229. The van der Waals surface area contributed by atoms with Crippen molar-refractivity contribution in [3.63, 3.8) is 0 Å². The van der Waals surface area contributed by atoms with Crippen LogP contribution >= 0.6 is 0 Å². The Labute approximate surface area is 150 Å². The maximum atomic E-state index is 5.54. The minimum Gasteiger partial charge on any atom is -0.497 e. The topological polar surface area (TPSA) is 46.6 Å². The normalized spacial score (nSPS) is 16.5. The number of methoxy groups -OCH3 is 2. The summed E-state index contributed by atoms with van der Waals surface area (Å²) in [6.45, 7) is 4.25. The molecule has 1 atom stereocenters. The maximum Gasteiger partial charge on any atom is 0.128 e. The number of hydrogen-bond donors (Lipinski definition) is 1. The Hall–Kier alpha value is -2.27. The van der Waals surface area contributed by atoms with Crippen LogP contribution in [0.5, 0.6) is 11.5 Å². The third kappa shape index (κ3) is 4.23. The van der Waals surface area contributed by atoms with Crippen LogP contribution in [-0.2, 0) is 0 Å². The zero-order valence-electron chi connectivity index (χ0n) is 15.2. The quantitative estimate of drug-likeness (QED) is 0.872. The fraction of sp³-hybridized carbons (Fsp3) is 0.450. The van der Waals surface area contributed by atoms with Gasteiger partial charge in [0, 0.05) is 43.0 Å². The van der Waals surface area contributed by atoms with Gasteiger partial charge in [0.15, 0.2) is 0 Å². The number of hydrogen-bond acceptors (Lipinski definition) is 5. The van der Waals surface area contributed by atoms with Crippen molar-refractivity contribution in [2.24, 2.45) is 0 Å². The number of pyridine rings is 1. The van der Waals surface area contributed by atoms with Crippen molar-refractivity contribution in [1.82, 2.24) is 10.3 Å². The molecule has 3 rings (SSSR count). The summed E-state index contributed by atoms with van der Waals surface area (Å²) in [6, 6.07) is 12.8. The van der Waals surface area contributed by atoms with E-state index in [1.165, 1.54) is 0 Å². The Bertz CT molecular complexity index is 670. The van der Waals surface area contributed by atoms with E-state index in [-0.39, 0.29) is 6.04 Å². The van der Waals surface area contributed by atoms with E-state index in [0.717, 1.165) is 48.8 Å². The summed E-state index contributed by atoms with van der Waals surface area (Å²) in [7, 11) is 3.38. The molecule has 5 heteroatoms. The second-order valence-corrected chi connectivity index (χ2v) is 6.45. The first kappa shape index (κ1) is 17.5. The highest BCUT2D eigenvalue weighted by atomic mass is 16.5. The van der Waals surface area contributed by atoms with Gasteiger partial charge in [0.25, 0.3) is 0 Å². The van der Waals surface area contributed by atoms with Crippen molar-refractivity contribution in [3.05, 3.63) is 48.2 Å². The molecule has 1 saturated heterocycles. The molecule has 0 amide bonds. The lowest BCUT2D eigenvalue weighted by molar-refractivity contribution is 0.360. The average molecular weight is 341 g/mol. The number of aromatic nitrogens is 1.